The van der Waals surface area contributed by atoms with E-state index < -0.39 is 9.84 Å². The Morgan fingerprint density at radius 1 is 1.33 bits per heavy atom. The van der Waals surface area contributed by atoms with Gasteiger partial charge in [0.25, 0.3) is 0 Å². The number of nitrogens with one attached hydrogen (secondary N) is 1. The molecule has 0 aliphatic carbocycles. The summed E-state index contributed by atoms with van der Waals surface area (Å²) in [6.07, 6.45) is 2.25. The molecule has 0 amide bonds. The van der Waals surface area contributed by atoms with E-state index in [9.17, 15) is 13.2 Å². The Morgan fingerprint density at radius 3 is 2.28 bits per heavy atom. The van der Waals surface area contributed by atoms with Crippen LogP contribution in [0.15, 0.2) is 11.2 Å². The summed E-state index contributed by atoms with van der Waals surface area (Å²) in [7, 11) is -3.57. The number of Topliss-reactive ketones (excluding diaryl/α,β-unsaturated/α-hetero) is 1. The van der Waals surface area contributed by atoms with Gasteiger partial charge in [-0.05, 0) is 27.7 Å². The maximum absolute atomic E-state index is 11.6. The zero-order valence-electron chi connectivity index (χ0n) is 11.1. The average Bonchev–Trinajstić information content (AvgIpc) is 2.13. The molecule has 7 heteroatoms. The Kier molecular flexibility index (Phi) is 3.75. The lowest BCUT2D eigenvalue weighted by molar-refractivity contribution is 0.101. The minimum Gasteiger partial charge on any atom is -0.350 e. The Bertz CT molecular complexity index is 574. The molecule has 18 heavy (non-hydrogen) atoms. The number of rotatable bonds is 3. The van der Waals surface area contributed by atoms with E-state index in [4.69, 9.17) is 0 Å². The summed E-state index contributed by atoms with van der Waals surface area (Å²) in [5.41, 5.74) is -0.288. The number of carbonyl (C=O) groups excluding carboxylic acids is 1. The van der Waals surface area contributed by atoms with E-state index in [0.29, 0.717) is 0 Å². The molecule has 1 aromatic rings. The second kappa shape index (κ2) is 4.64. The fourth-order valence-corrected chi connectivity index (χ4v) is 2.13. The monoisotopic (exact) mass is 271 g/mol. The molecule has 1 N–H and O–H groups in total. The topological polar surface area (TPSA) is 89.0 Å². The van der Waals surface area contributed by atoms with Gasteiger partial charge in [0, 0.05) is 18.0 Å². The second-order valence-corrected chi connectivity index (χ2v) is 7.05. The van der Waals surface area contributed by atoms with E-state index in [1.165, 1.54) is 13.1 Å². The molecule has 0 fully saturated rings. The van der Waals surface area contributed by atoms with Crippen molar-refractivity contribution in [2.24, 2.45) is 0 Å². The highest BCUT2D eigenvalue weighted by Crippen LogP contribution is 2.17. The van der Waals surface area contributed by atoms with Crippen LogP contribution in [0.4, 0.5) is 5.95 Å². The van der Waals surface area contributed by atoms with Crippen molar-refractivity contribution in [2.45, 2.75) is 38.3 Å². The number of ketones is 1. The Labute approximate surface area is 107 Å². The van der Waals surface area contributed by atoms with E-state index in [1.807, 2.05) is 20.8 Å². The van der Waals surface area contributed by atoms with E-state index in [2.05, 4.69) is 15.3 Å². The summed E-state index contributed by atoms with van der Waals surface area (Å²) in [5, 5.41) is 2.72. The summed E-state index contributed by atoms with van der Waals surface area (Å²) in [6, 6.07) is 0. The first kappa shape index (κ1) is 14.6. The van der Waals surface area contributed by atoms with Crippen LogP contribution in [0.5, 0.6) is 0 Å². The number of sulfone groups is 1. The van der Waals surface area contributed by atoms with Crippen molar-refractivity contribution in [2.75, 3.05) is 11.6 Å². The molecular weight excluding hydrogens is 254 g/mol. The van der Waals surface area contributed by atoms with Crippen LogP contribution in [-0.2, 0) is 9.84 Å². The van der Waals surface area contributed by atoms with Crippen LogP contribution in [0.1, 0.15) is 38.1 Å². The fraction of sp³-hybridized carbons (Fsp3) is 0.545. The van der Waals surface area contributed by atoms with Crippen LogP contribution in [0.3, 0.4) is 0 Å². The molecule has 1 heterocycles. The van der Waals surface area contributed by atoms with E-state index >= 15 is 0 Å². The number of carbonyl (C=O) groups is 1. The summed E-state index contributed by atoms with van der Waals surface area (Å²) >= 11 is 0. The smallest absolute Gasteiger partial charge is 0.224 e. The number of anilines is 1. The fourth-order valence-electron chi connectivity index (χ4n) is 1.29. The van der Waals surface area contributed by atoms with Crippen LogP contribution in [0.2, 0.25) is 0 Å². The third-order valence-corrected chi connectivity index (χ3v) is 2.98. The third kappa shape index (κ3) is 3.76. The molecular formula is C11H17N3O3S. The molecule has 0 aromatic carbocycles. The molecule has 0 bridgehead atoms. The third-order valence-electron chi connectivity index (χ3n) is 1.97. The lowest BCUT2D eigenvalue weighted by Gasteiger charge is -2.20. The van der Waals surface area contributed by atoms with Crippen molar-refractivity contribution in [3.05, 3.63) is 11.8 Å². The summed E-state index contributed by atoms with van der Waals surface area (Å²) < 4.78 is 23.2. The Balaban J connectivity index is 3.36. The maximum atomic E-state index is 11.6. The van der Waals surface area contributed by atoms with Crippen molar-refractivity contribution in [3.8, 4) is 0 Å². The molecule has 0 atom stereocenters. The van der Waals surface area contributed by atoms with Crippen molar-refractivity contribution in [1.82, 2.24) is 9.97 Å². The van der Waals surface area contributed by atoms with Crippen LogP contribution in [-0.4, -0.2) is 36.0 Å². The van der Waals surface area contributed by atoms with Gasteiger partial charge in [-0.3, -0.25) is 4.79 Å². The zero-order valence-corrected chi connectivity index (χ0v) is 11.9. The van der Waals surface area contributed by atoms with E-state index in [0.717, 1.165) is 6.26 Å². The largest absolute Gasteiger partial charge is 0.350 e. The molecule has 0 aliphatic rings. The average molecular weight is 271 g/mol. The number of hydrogen-bond donors (Lipinski definition) is 1. The minimum atomic E-state index is -3.57. The van der Waals surface area contributed by atoms with Crippen LogP contribution in [0, 0.1) is 0 Å². The maximum Gasteiger partial charge on any atom is 0.224 e. The lowest BCUT2D eigenvalue weighted by Crippen LogP contribution is -2.28. The van der Waals surface area contributed by atoms with Crippen molar-refractivity contribution < 1.29 is 13.2 Å². The van der Waals surface area contributed by atoms with Gasteiger partial charge in [0.05, 0.1) is 5.56 Å². The van der Waals surface area contributed by atoms with Gasteiger partial charge in [-0.2, -0.15) is 0 Å². The van der Waals surface area contributed by atoms with E-state index in [-0.39, 0.29) is 27.9 Å². The summed E-state index contributed by atoms with van der Waals surface area (Å²) in [6.45, 7) is 6.98. The van der Waals surface area contributed by atoms with Gasteiger partial charge in [0.15, 0.2) is 20.6 Å². The zero-order chi connectivity index (χ0) is 14.1. The van der Waals surface area contributed by atoms with Gasteiger partial charge in [-0.1, -0.05) is 0 Å². The predicted octanol–water partition coefficient (Wildman–Crippen LogP) is 1.29. The highest BCUT2D eigenvalue weighted by atomic mass is 32.2. The molecule has 1 aromatic heterocycles. The first-order valence-corrected chi connectivity index (χ1v) is 7.26. The second-order valence-electron chi connectivity index (χ2n) is 5.12. The molecule has 0 unspecified atom stereocenters. The molecule has 0 saturated heterocycles. The van der Waals surface area contributed by atoms with Gasteiger partial charge in [-0.15, -0.1) is 0 Å². The van der Waals surface area contributed by atoms with Crippen molar-refractivity contribution >= 4 is 21.6 Å². The van der Waals surface area contributed by atoms with Crippen molar-refractivity contribution in [1.29, 1.82) is 0 Å². The molecule has 0 radical (unpaired) electrons. The minimum absolute atomic E-state index is 0.0111. The van der Waals surface area contributed by atoms with Gasteiger partial charge in [-0.25, -0.2) is 18.4 Å². The number of aromatic nitrogens is 2. The standard InChI is InChI=1S/C11H17N3O3S/c1-7(15)8-6-12-10(14-11(2,3)4)13-9(8)18(5,16)17/h6H,1-5H3,(H,12,13,14). The van der Waals surface area contributed by atoms with Gasteiger partial charge in [0.1, 0.15) is 0 Å². The van der Waals surface area contributed by atoms with Gasteiger partial charge in [0.2, 0.25) is 5.95 Å². The molecule has 1 rings (SSSR count). The lowest BCUT2D eigenvalue weighted by atomic mass is 10.1. The molecule has 0 aliphatic heterocycles. The van der Waals surface area contributed by atoms with Crippen LogP contribution >= 0.6 is 0 Å². The number of hydrogen-bond acceptors (Lipinski definition) is 6. The molecule has 0 spiro atoms. The normalized spacial score (nSPS) is 12.3. The van der Waals surface area contributed by atoms with E-state index in [1.54, 1.807) is 0 Å². The number of nitrogens with zero attached hydrogens (tertiary/aromatic N) is 2. The molecule has 0 saturated carbocycles. The summed E-state index contributed by atoms with van der Waals surface area (Å²) in [4.78, 5) is 19.2. The van der Waals surface area contributed by atoms with Crippen LogP contribution < -0.4 is 5.32 Å². The summed E-state index contributed by atoms with van der Waals surface area (Å²) in [5.74, 6) is -0.189. The first-order valence-electron chi connectivity index (χ1n) is 5.37. The Hall–Kier alpha value is -1.50. The highest BCUT2D eigenvalue weighted by molar-refractivity contribution is 7.90. The molecule has 100 valence electrons. The SMILES string of the molecule is CC(=O)c1cnc(NC(C)(C)C)nc1S(C)(=O)=O. The van der Waals surface area contributed by atoms with Gasteiger partial charge >= 0.3 is 0 Å². The Morgan fingerprint density at radius 2 is 1.89 bits per heavy atom. The van der Waals surface area contributed by atoms with Gasteiger partial charge < -0.3 is 5.32 Å². The highest BCUT2D eigenvalue weighted by Gasteiger charge is 2.21. The quantitative estimate of drug-likeness (QED) is 0.658. The van der Waals surface area contributed by atoms with Crippen LogP contribution in [0.25, 0.3) is 0 Å². The van der Waals surface area contributed by atoms with Crippen molar-refractivity contribution in [3.63, 3.8) is 0 Å². The first-order chi connectivity index (χ1) is 8.00. The predicted molar refractivity (Wildman–Crippen MR) is 68.5 cm³/mol. The molecule has 6 nitrogen and oxygen atoms in total.